The number of rotatable bonds is 6. The molecule has 1 fully saturated rings. The second-order valence-corrected chi connectivity index (χ2v) is 5.48. The Balaban J connectivity index is 1.86. The molecule has 5 heteroatoms. The van der Waals surface area contributed by atoms with Gasteiger partial charge in [-0.25, -0.2) is 0 Å². The topological polar surface area (TPSA) is 56.8 Å². The molecular formula is C19H21NO4. The molecule has 2 atom stereocenters. The van der Waals surface area contributed by atoms with Crippen molar-refractivity contribution in [1.82, 2.24) is 5.32 Å². The first kappa shape index (κ1) is 16.3. The van der Waals surface area contributed by atoms with Crippen molar-refractivity contribution < 1.29 is 19.0 Å². The number of benzene rings is 2. The Bertz CT molecular complexity index is 664. The zero-order valence-electron chi connectivity index (χ0n) is 13.6. The maximum Gasteiger partial charge on any atom is 0.246 e. The quantitative estimate of drug-likeness (QED) is 0.886. The zero-order chi connectivity index (χ0) is 16.8. The lowest BCUT2D eigenvalue weighted by Crippen LogP contribution is -2.46. The molecular weight excluding hydrogens is 306 g/mol. The normalized spacial score (nSPS) is 18.5. The molecule has 1 heterocycles. The van der Waals surface area contributed by atoms with Gasteiger partial charge in [0.1, 0.15) is 12.7 Å². The number of hydrogen-bond donors (Lipinski definition) is 1. The summed E-state index contributed by atoms with van der Waals surface area (Å²) in [4.78, 5) is 11.4. The fourth-order valence-corrected chi connectivity index (χ4v) is 2.66. The third-order valence-electron chi connectivity index (χ3n) is 3.80. The minimum Gasteiger partial charge on any atom is -0.490 e. The van der Waals surface area contributed by atoms with Gasteiger partial charge in [-0.05, 0) is 24.6 Å². The predicted molar refractivity (Wildman–Crippen MR) is 90.2 cm³/mol. The summed E-state index contributed by atoms with van der Waals surface area (Å²) in [6, 6.07) is 17.4. The van der Waals surface area contributed by atoms with Crippen LogP contribution in [0.4, 0.5) is 0 Å². The Morgan fingerprint density at radius 2 is 1.83 bits per heavy atom. The number of nitrogens with one attached hydrogen (secondary N) is 1. The fraction of sp³-hybridized carbons (Fsp3) is 0.316. The summed E-state index contributed by atoms with van der Waals surface area (Å²) >= 11 is 0. The van der Waals surface area contributed by atoms with Crippen LogP contribution in [0.3, 0.4) is 0 Å². The molecule has 1 aliphatic rings. The van der Waals surface area contributed by atoms with Gasteiger partial charge in [-0.15, -0.1) is 0 Å². The molecule has 0 radical (unpaired) electrons. The first-order valence-electron chi connectivity index (χ1n) is 8.09. The van der Waals surface area contributed by atoms with E-state index >= 15 is 0 Å². The van der Waals surface area contributed by atoms with E-state index in [1.807, 2.05) is 61.5 Å². The molecule has 0 spiro atoms. The number of morpholine rings is 1. The van der Waals surface area contributed by atoms with Crippen LogP contribution in [0.25, 0.3) is 0 Å². The van der Waals surface area contributed by atoms with Gasteiger partial charge in [0.2, 0.25) is 5.91 Å². The number of hydrogen-bond acceptors (Lipinski definition) is 4. The lowest BCUT2D eigenvalue weighted by molar-refractivity contribution is -0.137. The lowest BCUT2D eigenvalue weighted by atomic mass is 10.0. The van der Waals surface area contributed by atoms with Crippen LogP contribution in [0.5, 0.6) is 11.5 Å². The number of para-hydroxylation sites is 2. The number of carbonyl (C=O) groups is 1. The molecule has 24 heavy (non-hydrogen) atoms. The summed E-state index contributed by atoms with van der Waals surface area (Å²) in [6.07, 6.45) is -0.604. The van der Waals surface area contributed by atoms with E-state index in [9.17, 15) is 4.79 Å². The van der Waals surface area contributed by atoms with Crippen LogP contribution in [0.15, 0.2) is 54.6 Å². The molecule has 2 aromatic carbocycles. The highest BCUT2D eigenvalue weighted by atomic mass is 16.6. The van der Waals surface area contributed by atoms with Crippen LogP contribution in [-0.2, 0) is 9.53 Å². The summed E-state index contributed by atoms with van der Waals surface area (Å²) in [6.45, 7) is 2.96. The second kappa shape index (κ2) is 7.84. The molecule has 2 aromatic rings. The van der Waals surface area contributed by atoms with Crippen molar-refractivity contribution in [2.24, 2.45) is 0 Å². The Morgan fingerprint density at radius 1 is 1.12 bits per heavy atom. The van der Waals surface area contributed by atoms with Crippen LogP contribution in [0, 0.1) is 0 Å². The number of ether oxygens (including phenoxy) is 3. The summed E-state index contributed by atoms with van der Waals surface area (Å²) in [5.41, 5.74) is 0.991. The molecule has 0 unspecified atom stereocenters. The molecule has 3 rings (SSSR count). The van der Waals surface area contributed by atoms with E-state index in [2.05, 4.69) is 5.32 Å². The minimum absolute atomic E-state index is 0.0461. The molecule has 1 saturated heterocycles. The number of carbonyl (C=O) groups excluding carboxylic acids is 1. The van der Waals surface area contributed by atoms with E-state index in [-0.39, 0.29) is 24.7 Å². The summed E-state index contributed by atoms with van der Waals surface area (Å²) in [7, 11) is 0. The monoisotopic (exact) mass is 327 g/mol. The van der Waals surface area contributed by atoms with E-state index in [1.54, 1.807) is 0 Å². The minimum atomic E-state index is -0.339. The first-order chi connectivity index (χ1) is 11.8. The molecule has 126 valence electrons. The third kappa shape index (κ3) is 3.86. The van der Waals surface area contributed by atoms with E-state index in [0.717, 1.165) is 5.56 Å². The van der Waals surface area contributed by atoms with Gasteiger partial charge in [-0.2, -0.15) is 0 Å². The SMILES string of the molecule is CCOc1ccccc1O[C@H](c1ccccc1)[C@@H]1CNC(=O)CO1. The molecule has 0 saturated carbocycles. The van der Waals surface area contributed by atoms with Crippen molar-refractivity contribution >= 4 is 5.91 Å². The highest BCUT2D eigenvalue weighted by Gasteiger charge is 2.30. The van der Waals surface area contributed by atoms with Gasteiger partial charge in [0.05, 0.1) is 6.61 Å². The molecule has 1 N–H and O–H groups in total. The molecule has 0 aliphatic carbocycles. The molecule has 5 nitrogen and oxygen atoms in total. The zero-order valence-corrected chi connectivity index (χ0v) is 13.6. The van der Waals surface area contributed by atoms with Crippen LogP contribution >= 0.6 is 0 Å². The molecule has 1 aliphatic heterocycles. The van der Waals surface area contributed by atoms with Gasteiger partial charge >= 0.3 is 0 Å². The summed E-state index contributed by atoms with van der Waals surface area (Å²) < 4.78 is 17.6. The van der Waals surface area contributed by atoms with Crippen molar-refractivity contribution in [1.29, 1.82) is 0 Å². The smallest absolute Gasteiger partial charge is 0.246 e. The number of amides is 1. The average molecular weight is 327 g/mol. The first-order valence-corrected chi connectivity index (χ1v) is 8.09. The molecule has 1 amide bonds. The fourth-order valence-electron chi connectivity index (χ4n) is 2.66. The van der Waals surface area contributed by atoms with E-state index < -0.39 is 0 Å². The van der Waals surface area contributed by atoms with E-state index in [0.29, 0.717) is 24.7 Å². The van der Waals surface area contributed by atoms with Gasteiger partial charge in [0, 0.05) is 6.54 Å². The second-order valence-electron chi connectivity index (χ2n) is 5.48. The van der Waals surface area contributed by atoms with Crippen molar-refractivity contribution in [3.63, 3.8) is 0 Å². The van der Waals surface area contributed by atoms with Crippen molar-refractivity contribution in [2.75, 3.05) is 19.8 Å². The van der Waals surface area contributed by atoms with Gasteiger partial charge in [0.15, 0.2) is 17.6 Å². The van der Waals surface area contributed by atoms with Crippen molar-refractivity contribution in [3.8, 4) is 11.5 Å². The van der Waals surface area contributed by atoms with Gasteiger partial charge in [-0.1, -0.05) is 42.5 Å². The Hall–Kier alpha value is -2.53. The maximum absolute atomic E-state index is 11.4. The van der Waals surface area contributed by atoms with Crippen molar-refractivity contribution in [2.45, 2.75) is 19.1 Å². The largest absolute Gasteiger partial charge is 0.490 e. The molecule has 0 aromatic heterocycles. The average Bonchev–Trinajstić information content (AvgIpc) is 2.63. The van der Waals surface area contributed by atoms with Crippen LogP contribution in [0.1, 0.15) is 18.6 Å². The van der Waals surface area contributed by atoms with Gasteiger partial charge in [-0.3, -0.25) is 4.79 Å². The van der Waals surface area contributed by atoms with Gasteiger partial charge in [0.25, 0.3) is 0 Å². The summed E-state index contributed by atoms with van der Waals surface area (Å²) in [5, 5.41) is 2.83. The highest BCUT2D eigenvalue weighted by molar-refractivity contribution is 5.77. The van der Waals surface area contributed by atoms with E-state index in [4.69, 9.17) is 14.2 Å². The lowest BCUT2D eigenvalue weighted by Gasteiger charge is -2.31. The van der Waals surface area contributed by atoms with E-state index in [1.165, 1.54) is 0 Å². The van der Waals surface area contributed by atoms with Crippen LogP contribution in [-0.4, -0.2) is 31.8 Å². The van der Waals surface area contributed by atoms with Crippen molar-refractivity contribution in [3.05, 3.63) is 60.2 Å². The molecule has 0 bridgehead atoms. The maximum atomic E-state index is 11.4. The highest BCUT2D eigenvalue weighted by Crippen LogP contribution is 2.33. The Morgan fingerprint density at radius 3 is 2.50 bits per heavy atom. The Labute approximate surface area is 141 Å². The van der Waals surface area contributed by atoms with Gasteiger partial charge < -0.3 is 19.5 Å². The third-order valence-corrected chi connectivity index (χ3v) is 3.80. The summed E-state index contributed by atoms with van der Waals surface area (Å²) in [5.74, 6) is 1.25. The Kier molecular flexibility index (Phi) is 5.33. The van der Waals surface area contributed by atoms with Crippen LogP contribution < -0.4 is 14.8 Å². The standard InChI is InChI=1S/C19H21NO4/c1-2-22-15-10-6-7-11-16(15)24-19(14-8-4-3-5-9-14)17-12-20-18(21)13-23-17/h3-11,17,19H,2,12-13H2,1H3,(H,20,21)/t17-,19+/m0/s1. The van der Waals surface area contributed by atoms with Crippen LogP contribution in [0.2, 0.25) is 0 Å². The predicted octanol–water partition coefficient (Wildman–Crippen LogP) is 2.72.